The lowest BCUT2D eigenvalue weighted by Gasteiger charge is -2.16. The number of carboxylic acids is 1. The fourth-order valence-corrected chi connectivity index (χ4v) is 4.01. The summed E-state index contributed by atoms with van der Waals surface area (Å²) < 4.78 is 1.23. The number of carbonyl (C=O) groups is 3. The second-order valence-corrected chi connectivity index (χ2v) is 8.60. The number of carboxylic acid groups (broad SMARTS) is 1. The third-order valence-electron chi connectivity index (χ3n) is 4.70. The first-order chi connectivity index (χ1) is 15.9. The van der Waals surface area contributed by atoms with Gasteiger partial charge in [-0.2, -0.15) is 0 Å². The zero-order valence-electron chi connectivity index (χ0n) is 17.6. The number of amides is 1. The predicted octanol–water partition coefficient (Wildman–Crippen LogP) is 3.48. The van der Waals surface area contributed by atoms with Crippen LogP contribution >= 0.6 is 23.4 Å². The molecule has 2 aromatic carbocycles. The van der Waals surface area contributed by atoms with Gasteiger partial charge >= 0.3 is 5.97 Å². The summed E-state index contributed by atoms with van der Waals surface area (Å²) >= 11 is 7.21. The lowest BCUT2D eigenvalue weighted by atomic mass is 10.1. The second kappa shape index (κ2) is 12.1. The van der Waals surface area contributed by atoms with Gasteiger partial charge < -0.3 is 10.4 Å². The van der Waals surface area contributed by atoms with E-state index in [0.717, 1.165) is 24.6 Å². The lowest BCUT2D eigenvalue weighted by Crippen LogP contribution is -2.42. The average molecular weight is 488 g/mol. The molecule has 0 spiro atoms. The van der Waals surface area contributed by atoms with Gasteiger partial charge in [-0.15, -0.1) is 5.10 Å². The van der Waals surface area contributed by atoms with E-state index in [-0.39, 0.29) is 12.4 Å². The Labute approximate surface area is 199 Å². The molecule has 0 bridgehead atoms. The quantitative estimate of drug-likeness (QED) is 0.393. The molecule has 33 heavy (non-hydrogen) atoms. The number of benzene rings is 2. The molecule has 1 atom stereocenters. The Morgan fingerprint density at radius 3 is 2.55 bits per heavy atom. The van der Waals surface area contributed by atoms with E-state index in [9.17, 15) is 19.5 Å². The van der Waals surface area contributed by atoms with E-state index in [1.807, 2.05) is 30.3 Å². The van der Waals surface area contributed by atoms with Crippen LogP contribution < -0.4 is 5.32 Å². The van der Waals surface area contributed by atoms with Crippen molar-refractivity contribution in [3.05, 3.63) is 65.2 Å². The molecule has 0 aliphatic carbocycles. The van der Waals surface area contributed by atoms with Gasteiger partial charge in [0.15, 0.2) is 11.6 Å². The number of hydrogen-bond acceptors (Lipinski definition) is 7. The summed E-state index contributed by atoms with van der Waals surface area (Å²) in [5, 5.41) is 23.0. The Kier molecular flexibility index (Phi) is 8.96. The molecule has 3 aromatic rings. The number of aromatic nitrogens is 4. The van der Waals surface area contributed by atoms with Gasteiger partial charge in [-0.3, -0.25) is 14.4 Å². The zero-order chi connectivity index (χ0) is 23.6. The van der Waals surface area contributed by atoms with E-state index < -0.39 is 29.5 Å². The molecule has 3 rings (SSSR count). The Bertz CT molecular complexity index is 1110. The van der Waals surface area contributed by atoms with Crippen LogP contribution in [0.25, 0.3) is 11.4 Å². The molecule has 0 radical (unpaired) electrons. The summed E-state index contributed by atoms with van der Waals surface area (Å²) in [6, 6.07) is 15.6. The number of Topliss-reactive ketones (excluding diaryl/α,β-unsaturated/α-hetero) is 1. The summed E-state index contributed by atoms with van der Waals surface area (Å²) in [4.78, 5) is 36.4. The number of aliphatic carboxylic acids is 1. The SMILES string of the molecule is O=C(O)CC(NC(=O)SCCCc1ccccc1)C(=O)Cn1nnnc1-c1ccccc1Cl. The number of ketones is 1. The minimum Gasteiger partial charge on any atom is -0.481 e. The van der Waals surface area contributed by atoms with E-state index in [0.29, 0.717) is 16.3 Å². The molecule has 9 nitrogen and oxygen atoms in total. The molecule has 0 aliphatic rings. The Morgan fingerprint density at radius 2 is 1.82 bits per heavy atom. The number of tetrazole rings is 1. The predicted molar refractivity (Wildman–Crippen MR) is 125 cm³/mol. The van der Waals surface area contributed by atoms with Crippen molar-refractivity contribution in [3.63, 3.8) is 0 Å². The van der Waals surface area contributed by atoms with Crippen molar-refractivity contribution in [2.45, 2.75) is 31.8 Å². The minimum atomic E-state index is -1.21. The molecule has 1 aromatic heterocycles. The van der Waals surface area contributed by atoms with Crippen molar-refractivity contribution in [1.82, 2.24) is 25.5 Å². The van der Waals surface area contributed by atoms with Gasteiger partial charge in [-0.05, 0) is 41.0 Å². The number of carbonyl (C=O) groups excluding carboxylic acids is 2. The van der Waals surface area contributed by atoms with Crippen molar-refractivity contribution in [3.8, 4) is 11.4 Å². The maximum Gasteiger partial charge on any atom is 0.305 e. The molecule has 0 aliphatic heterocycles. The van der Waals surface area contributed by atoms with Crippen LogP contribution in [0.1, 0.15) is 18.4 Å². The summed E-state index contributed by atoms with van der Waals surface area (Å²) in [6.07, 6.45) is 1.05. The lowest BCUT2D eigenvalue weighted by molar-refractivity contribution is -0.139. The largest absolute Gasteiger partial charge is 0.481 e. The molecule has 0 fully saturated rings. The summed E-state index contributed by atoms with van der Waals surface area (Å²) in [5.74, 6) is -0.926. The maximum atomic E-state index is 12.8. The highest BCUT2D eigenvalue weighted by atomic mass is 35.5. The highest BCUT2D eigenvalue weighted by molar-refractivity contribution is 8.13. The first-order valence-electron chi connectivity index (χ1n) is 10.2. The minimum absolute atomic E-state index is 0.268. The van der Waals surface area contributed by atoms with Crippen LogP contribution in [0.3, 0.4) is 0 Å². The van der Waals surface area contributed by atoms with E-state index in [4.69, 9.17) is 11.6 Å². The van der Waals surface area contributed by atoms with Gasteiger partial charge in [0.2, 0.25) is 0 Å². The normalized spacial score (nSPS) is 11.7. The standard InChI is InChI=1S/C22H22ClN5O4S/c23-17-11-5-4-10-16(17)21-25-26-27-28(21)14-19(29)18(13-20(30)31)24-22(32)33-12-6-9-15-7-2-1-3-8-15/h1-5,7-8,10-11,18H,6,9,12-14H2,(H,24,32)(H,30,31). The number of nitrogens with zero attached hydrogens (tertiary/aromatic N) is 4. The van der Waals surface area contributed by atoms with Crippen LogP contribution in [0.15, 0.2) is 54.6 Å². The summed E-state index contributed by atoms with van der Waals surface area (Å²) in [5.41, 5.74) is 1.71. The molecular weight excluding hydrogens is 466 g/mol. The Hall–Kier alpha value is -3.24. The summed E-state index contributed by atoms with van der Waals surface area (Å²) in [7, 11) is 0. The van der Waals surface area contributed by atoms with Crippen molar-refractivity contribution in [2.75, 3.05) is 5.75 Å². The fraction of sp³-hybridized carbons (Fsp3) is 0.273. The first kappa shape index (κ1) is 24.4. The van der Waals surface area contributed by atoms with Gasteiger partial charge in [-0.1, -0.05) is 65.8 Å². The van der Waals surface area contributed by atoms with Gasteiger partial charge in [0.05, 0.1) is 11.4 Å². The van der Waals surface area contributed by atoms with Crippen LogP contribution in [0.4, 0.5) is 4.79 Å². The van der Waals surface area contributed by atoms with Crippen LogP contribution in [0, 0.1) is 0 Å². The molecule has 1 amide bonds. The van der Waals surface area contributed by atoms with E-state index in [2.05, 4.69) is 20.8 Å². The zero-order valence-corrected chi connectivity index (χ0v) is 19.1. The van der Waals surface area contributed by atoms with Crippen LogP contribution in [0.5, 0.6) is 0 Å². The van der Waals surface area contributed by atoms with Crippen molar-refractivity contribution < 1.29 is 19.5 Å². The molecule has 1 heterocycles. The Balaban J connectivity index is 1.58. The van der Waals surface area contributed by atoms with E-state index in [1.165, 1.54) is 10.2 Å². The van der Waals surface area contributed by atoms with Gasteiger partial charge in [0.1, 0.15) is 12.6 Å². The third kappa shape index (κ3) is 7.40. The number of thioether (sulfide) groups is 1. The molecule has 0 saturated carbocycles. The molecule has 172 valence electrons. The number of hydrogen-bond donors (Lipinski definition) is 2. The topological polar surface area (TPSA) is 127 Å². The number of rotatable bonds is 11. The average Bonchev–Trinajstić information content (AvgIpc) is 3.25. The molecule has 0 saturated heterocycles. The number of halogens is 1. The van der Waals surface area contributed by atoms with Crippen LogP contribution in [-0.2, 0) is 22.6 Å². The summed E-state index contributed by atoms with van der Waals surface area (Å²) in [6.45, 7) is -0.315. The monoisotopic (exact) mass is 487 g/mol. The molecule has 11 heteroatoms. The van der Waals surface area contributed by atoms with Crippen molar-refractivity contribution in [1.29, 1.82) is 0 Å². The van der Waals surface area contributed by atoms with Gasteiger partial charge in [0.25, 0.3) is 5.24 Å². The van der Waals surface area contributed by atoms with Gasteiger partial charge in [-0.25, -0.2) is 4.68 Å². The molecule has 2 N–H and O–H groups in total. The molecular formula is C22H22ClN5O4S. The van der Waals surface area contributed by atoms with E-state index >= 15 is 0 Å². The second-order valence-electron chi connectivity index (χ2n) is 7.13. The number of nitrogens with one attached hydrogen (secondary N) is 1. The number of aryl methyl sites for hydroxylation is 1. The smallest absolute Gasteiger partial charge is 0.305 e. The highest BCUT2D eigenvalue weighted by Gasteiger charge is 2.26. The van der Waals surface area contributed by atoms with Crippen LogP contribution in [0.2, 0.25) is 5.02 Å². The van der Waals surface area contributed by atoms with Crippen LogP contribution in [-0.4, -0.2) is 54.1 Å². The first-order valence-corrected chi connectivity index (χ1v) is 11.5. The Morgan fingerprint density at radius 1 is 1.09 bits per heavy atom. The maximum absolute atomic E-state index is 12.8. The molecule has 1 unspecified atom stereocenters. The van der Waals surface area contributed by atoms with Crippen molar-refractivity contribution >= 4 is 40.4 Å². The highest BCUT2D eigenvalue weighted by Crippen LogP contribution is 2.25. The fourth-order valence-electron chi connectivity index (χ4n) is 3.09. The third-order valence-corrected chi connectivity index (χ3v) is 5.90. The van der Waals surface area contributed by atoms with Gasteiger partial charge in [0, 0.05) is 11.3 Å². The van der Waals surface area contributed by atoms with E-state index in [1.54, 1.807) is 24.3 Å². The van der Waals surface area contributed by atoms with Crippen molar-refractivity contribution in [2.24, 2.45) is 0 Å².